The van der Waals surface area contributed by atoms with Gasteiger partial charge in [0.25, 0.3) is 5.91 Å². The highest BCUT2D eigenvalue weighted by atomic mass is 79.9. The topological polar surface area (TPSA) is 51.2 Å². The predicted molar refractivity (Wildman–Crippen MR) is 100 cm³/mol. The third-order valence-electron chi connectivity index (χ3n) is 3.09. The molecular formula is C16H12Br2N2O2S. The second kappa shape index (κ2) is 6.98. The molecule has 0 saturated heterocycles. The number of hydrogen-bond donors (Lipinski definition) is 1. The van der Waals surface area contributed by atoms with Crippen molar-refractivity contribution in [2.45, 2.75) is 13.0 Å². The van der Waals surface area contributed by atoms with Crippen LogP contribution in [0.3, 0.4) is 0 Å². The van der Waals surface area contributed by atoms with Crippen molar-refractivity contribution in [3.8, 4) is 5.75 Å². The van der Waals surface area contributed by atoms with E-state index in [1.54, 1.807) is 13.0 Å². The van der Waals surface area contributed by atoms with E-state index in [4.69, 9.17) is 4.74 Å². The van der Waals surface area contributed by atoms with Crippen molar-refractivity contribution in [1.29, 1.82) is 0 Å². The summed E-state index contributed by atoms with van der Waals surface area (Å²) in [5.41, 5.74) is 0.872. The van der Waals surface area contributed by atoms with Crippen LogP contribution in [0.4, 0.5) is 5.13 Å². The SMILES string of the molecule is CC(Oc1ccc(Br)cc1Br)C(=O)Nc1nc2ccccc2s1. The number of hydrogen-bond acceptors (Lipinski definition) is 4. The summed E-state index contributed by atoms with van der Waals surface area (Å²) in [5.74, 6) is 0.374. The van der Waals surface area contributed by atoms with Gasteiger partial charge in [-0.3, -0.25) is 10.1 Å². The first-order valence-corrected chi connectivity index (χ1v) is 9.21. The average molecular weight is 456 g/mol. The summed E-state index contributed by atoms with van der Waals surface area (Å²) < 4.78 is 8.46. The minimum atomic E-state index is -0.639. The van der Waals surface area contributed by atoms with E-state index in [1.165, 1.54) is 11.3 Å². The lowest BCUT2D eigenvalue weighted by Crippen LogP contribution is -2.30. The summed E-state index contributed by atoms with van der Waals surface area (Å²) in [6, 6.07) is 13.3. The van der Waals surface area contributed by atoms with E-state index in [-0.39, 0.29) is 5.91 Å². The molecule has 7 heteroatoms. The molecular weight excluding hydrogens is 444 g/mol. The number of nitrogens with one attached hydrogen (secondary N) is 1. The number of nitrogens with zero attached hydrogens (tertiary/aromatic N) is 1. The Morgan fingerprint density at radius 2 is 2.04 bits per heavy atom. The zero-order valence-electron chi connectivity index (χ0n) is 12.0. The molecule has 3 rings (SSSR count). The molecule has 0 aliphatic rings. The van der Waals surface area contributed by atoms with Crippen LogP contribution in [0.15, 0.2) is 51.4 Å². The van der Waals surface area contributed by atoms with E-state index in [1.807, 2.05) is 36.4 Å². The van der Waals surface area contributed by atoms with Crippen molar-refractivity contribution < 1.29 is 9.53 Å². The van der Waals surface area contributed by atoms with Crippen LogP contribution in [0, 0.1) is 0 Å². The van der Waals surface area contributed by atoms with Crippen molar-refractivity contribution >= 4 is 64.5 Å². The quantitative estimate of drug-likeness (QED) is 0.586. The van der Waals surface area contributed by atoms with Gasteiger partial charge in [0, 0.05) is 4.47 Å². The number of rotatable bonds is 4. The fourth-order valence-electron chi connectivity index (χ4n) is 1.95. The van der Waals surface area contributed by atoms with Crippen LogP contribution in [0.1, 0.15) is 6.92 Å². The lowest BCUT2D eigenvalue weighted by Gasteiger charge is -2.15. The fourth-order valence-corrected chi connectivity index (χ4v) is 3.96. The number of amides is 1. The van der Waals surface area contributed by atoms with Crippen LogP contribution in [0.5, 0.6) is 5.75 Å². The third kappa shape index (κ3) is 3.91. The van der Waals surface area contributed by atoms with Gasteiger partial charge in [-0.05, 0) is 53.2 Å². The lowest BCUT2D eigenvalue weighted by atomic mass is 10.3. The molecule has 0 spiro atoms. The lowest BCUT2D eigenvalue weighted by molar-refractivity contribution is -0.122. The predicted octanol–water partition coefficient (Wildman–Crippen LogP) is 5.23. The molecule has 0 aliphatic carbocycles. The highest BCUT2D eigenvalue weighted by molar-refractivity contribution is 9.11. The first-order chi connectivity index (χ1) is 11.0. The standard InChI is InChI=1S/C16H12Br2N2O2S/c1-9(22-13-7-6-10(17)8-11(13)18)15(21)20-16-19-12-4-2-3-5-14(12)23-16/h2-9H,1H3,(H,19,20,21). The normalized spacial score (nSPS) is 12.1. The number of para-hydroxylation sites is 1. The summed E-state index contributed by atoms with van der Waals surface area (Å²) in [5, 5.41) is 3.37. The maximum absolute atomic E-state index is 12.3. The molecule has 1 heterocycles. The number of halogens is 2. The highest BCUT2D eigenvalue weighted by Gasteiger charge is 2.18. The molecule has 1 atom stereocenters. The van der Waals surface area contributed by atoms with Gasteiger partial charge in [0.05, 0.1) is 14.7 Å². The summed E-state index contributed by atoms with van der Waals surface area (Å²) in [7, 11) is 0. The van der Waals surface area contributed by atoms with Gasteiger partial charge in [-0.25, -0.2) is 4.98 Å². The number of anilines is 1. The largest absolute Gasteiger partial charge is 0.480 e. The van der Waals surface area contributed by atoms with E-state index in [0.29, 0.717) is 10.9 Å². The Labute approximate surface area is 154 Å². The van der Waals surface area contributed by atoms with Gasteiger partial charge in [-0.1, -0.05) is 39.4 Å². The molecule has 0 radical (unpaired) electrons. The molecule has 0 fully saturated rings. The maximum Gasteiger partial charge on any atom is 0.266 e. The number of thiazole rings is 1. The third-order valence-corrected chi connectivity index (χ3v) is 5.16. The molecule has 1 unspecified atom stereocenters. The zero-order chi connectivity index (χ0) is 16.4. The van der Waals surface area contributed by atoms with Crippen LogP contribution in [0.25, 0.3) is 10.2 Å². The van der Waals surface area contributed by atoms with Crippen molar-refractivity contribution in [2.24, 2.45) is 0 Å². The van der Waals surface area contributed by atoms with E-state index < -0.39 is 6.10 Å². The van der Waals surface area contributed by atoms with Gasteiger partial charge in [-0.2, -0.15) is 0 Å². The highest BCUT2D eigenvalue weighted by Crippen LogP contribution is 2.29. The number of aromatic nitrogens is 1. The van der Waals surface area contributed by atoms with Crippen molar-refractivity contribution in [3.05, 3.63) is 51.4 Å². The van der Waals surface area contributed by atoms with E-state index >= 15 is 0 Å². The number of benzene rings is 2. The first kappa shape index (κ1) is 16.4. The van der Waals surface area contributed by atoms with Gasteiger partial charge in [0.15, 0.2) is 11.2 Å². The molecule has 1 aromatic heterocycles. The van der Waals surface area contributed by atoms with Gasteiger partial charge in [-0.15, -0.1) is 0 Å². The maximum atomic E-state index is 12.3. The van der Waals surface area contributed by atoms with Crippen LogP contribution >= 0.6 is 43.2 Å². The average Bonchev–Trinajstić information content (AvgIpc) is 2.92. The Kier molecular flexibility index (Phi) is 4.99. The Morgan fingerprint density at radius 1 is 1.26 bits per heavy atom. The molecule has 3 aromatic rings. The molecule has 4 nitrogen and oxygen atoms in total. The van der Waals surface area contributed by atoms with Crippen LogP contribution < -0.4 is 10.1 Å². The summed E-state index contributed by atoms with van der Waals surface area (Å²) in [4.78, 5) is 16.7. The molecule has 0 saturated carbocycles. The zero-order valence-corrected chi connectivity index (χ0v) is 16.0. The summed E-state index contributed by atoms with van der Waals surface area (Å²) >= 11 is 8.24. The smallest absolute Gasteiger partial charge is 0.266 e. The summed E-state index contributed by atoms with van der Waals surface area (Å²) in [6.45, 7) is 1.71. The molecule has 1 N–H and O–H groups in total. The Balaban J connectivity index is 1.69. The van der Waals surface area contributed by atoms with E-state index in [9.17, 15) is 4.79 Å². The summed E-state index contributed by atoms with van der Waals surface area (Å²) in [6.07, 6.45) is -0.639. The monoisotopic (exact) mass is 454 g/mol. The number of ether oxygens (including phenoxy) is 1. The Hall–Kier alpha value is -1.44. The minimum absolute atomic E-state index is 0.237. The van der Waals surface area contributed by atoms with Crippen molar-refractivity contribution in [3.63, 3.8) is 0 Å². The van der Waals surface area contributed by atoms with Gasteiger partial charge >= 0.3 is 0 Å². The minimum Gasteiger partial charge on any atom is -0.480 e. The molecule has 118 valence electrons. The number of carbonyl (C=O) groups is 1. The van der Waals surface area contributed by atoms with Gasteiger partial charge in [0.2, 0.25) is 0 Å². The second-order valence-electron chi connectivity index (χ2n) is 4.81. The first-order valence-electron chi connectivity index (χ1n) is 6.81. The fraction of sp³-hybridized carbons (Fsp3) is 0.125. The van der Waals surface area contributed by atoms with Crippen molar-refractivity contribution in [2.75, 3.05) is 5.32 Å². The van der Waals surface area contributed by atoms with Crippen LogP contribution in [0.2, 0.25) is 0 Å². The Morgan fingerprint density at radius 3 is 2.78 bits per heavy atom. The molecule has 2 aromatic carbocycles. The van der Waals surface area contributed by atoms with E-state index in [0.717, 1.165) is 19.2 Å². The molecule has 1 amide bonds. The van der Waals surface area contributed by atoms with Gasteiger partial charge in [0.1, 0.15) is 5.75 Å². The van der Waals surface area contributed by atoms with Gasteiger partial charge < -0.3 is 4.74 Å². The van der Waals surface area contributed by atoms with Crippen LogP contribution in [-0.2, 0) is 4.79 Å². The molecule has 0 bridgehead atoms. The molecule has 23 heavy (non-hydrogen) atoms. The van der Waals surface area contributed by atoms with Crippen molar-refractivity contribution in [1.82, 2.24) is 4.98 Å². The van der Waals surface area contributed by atoms with E-state index in [2.05, 4.69) is 42.2 Å². The number of carbonyl (C=O) groups excluding carboxylic acids is 1. The van der Waals surface area contributed by atoms with Crippen LogP contribution in [-0.4, -0.2) is 17.0 Å². The second-order valence-corrected chi connectivity index (χ2v) is 7.61. The number of fused-ring (bicyclic) bond motifs is 1. The molecule has 0 aliphatic heterocycles. The Bertz CT molecular complexity index is 833.